The molecule has 0 bridgehead atoms. The van der Waals surface area contributed by atoms with Crippen LogP contribution in [-0.2, 0) is 0 Å². The van der Waals surface area contributed by atoms with Crippen molar-refractivity contribution in [1.29, 1.82) is 0 Å². The Kier molecular flexibility index (Phi) is 2.34. The number of pyridine rings is 1. The fourth-order valence-corrected chi connectivity index (χ4v) is 2.81. The fraction of sp³-hybridized carbons (Fsp3) is 0. The molecule has 0 aliphatic rings. The summed E-state index contributed by atoms with van der Waals surface area (Å²) in [5.41, 5.74) is 3.48. The molecule has 0 N–H and O–H groups in total. The zero-order valence-corrected chi connectivity index (χ0v) is 11.1. The molecule has 0 saturated heterocycles. The van der Waals surface area contributed by atoms with E-state index in [1.807, 2.05) is 24.4 Å². The van der Waals surface area contributed by atoms with E-state index in [9.17, 15) is 0 Å². The van der Waals surface area contributed by atoms with Crippen LogP contribution in [0.5, 0.6) is 0 Å². The summed E-state index contributed by atoms with van der Waals surface area (Å²) in [5.74, 6) is 0. The summed E-state index contributed by atoms with van der Waals surface area (Å²) in [7, 11) is 0. The van der Waals surface area contributed by atoms with E-state index in [-0.39, 0.29) is 0 Å². The first-order chi connectivity index (χ1) is 7.86. The normalized spacial score (nSPS) is 10.8. The Hall–Kier alpha value is -1.45. The number of rotatable bonds is 1. The second-order valence-corrected chi connectivity index (χ2v) is 4.76. The number of aromatic nitrogens is 2. The Balaban J connectivity index is 2.29. The summed E-state index contributed by atoms with van der Waals surface area (Å²) < 4.78 is 2.24. The topological polar surface area (TPSA) is 17.8 Å². The molecule has 0 saturated carbocycles. The van der Waals surface area contributed by atoms with Crippen molar-refractivity contribution in [3.05, 3.63) is 54.7 Å². The van der Waals surface area contributed by atoms with E-state index in [0.717, 1.165) is 5.69 Å². The van der Waals surface area contributed by atoms with Gasteiger partial charge < -0.3 is 0 Å². The third kappa shape index (κ3) is 1.49. The maximum absolute atomic E-state index is 4.39. The van der Waals surface area contributed by atoms with Crippen molar-refractivity contribution in [3.63, 3.8) is 0 Å². The van der Waals surface area contributed by atoms with Gasteiger partial charge in [0.15, 0.2) is 0 Å². The molecule has 0 aliphatic carbocycles. The molecule has 0 atom stereocenters. The predicted molar refractivity (Wildman–Crippen MR) is 66.3 cm³/mol. The van der Waals surface area contributed by atoms with Gasteiger partial charge in [0.2, 0.25) is 0 Å². The maximum atomic E-state index is 4.39. The van der Waals surface area contributed by atoms with Crippen LogP contribution in [0.25, 0.3) is 22.3 Å². The molecule has 2 radical (unpaired) electrons. The van der Waals surface area contributed by atoms with Gasteiger partial charge in [0.25, 0.3) is 0 Å². The molecule has 3 rings (SSSR count). The van der Waals surface area contributed by atoms with Gasteiger partial charge in [0.1, 0.15) is 0 Å². The van der Waals surface area contributed by atoms with Crippen LogP contribution in [0.1, 0.15) is 0 Å². The van der Waals surface area contributed by atoms with Crippen molar-refractivity contribution in [1.82, 2.24) is 8.26 Å². The molecule has 0 amide bonds. The van der Waals surface area contributed by atoms with Crippen LogP contribution >= 0.6 is 0 Å². The van der Waals surface area contributed by atoms with E-state index in [1.165, 1.54) is 16.6 Å². The van der Waals surface area contributed by atoms with Gasteiger partial charge in [-0.15, -0.1) is 0 Å². The molecule has 1 aromatic carbocycles. The number of hydrogen-bond donors (Lipinski definition) is 0. The molecule has 2 nitrogen and oxygen atoms in total. The molecule has 0 fully saturated rings. The summed E-state index contributed by atoms with van der Waals surface area (Å²) in [4.78, 5) is 4.39. The number of para-hydroxylation sites is 1. The molecule has 3 aromatic rings. The van der Waals surface area contributed by atoms with E-state index in [1.54, 1.807) is 18.8 Å². The van der Waals surface area contributed by atoms with Crippen LogP contribution in [0.4, 0.5) is 0 Å². The average Bonchev–Trinajstić information content (AvgIpc) is 2.69. The monoisotopic (exact) mass is 262 g/mol. The quantitative estimate of drug-likeness (QED) is 0.617. The minimum atomic E-state index is 1.03. The number of nitrogens with zero attached hydrogens (tertiary/aromatic N) is 2. The summed E-state index contributed by atoms with van der Waals surface area (Å²) >= 11 is 1.58. The molecule has 0 aliphatic heterocycles. The first-order valence-electron chi connectivity index (χ1n) is 5.13. The van der Waals surface area contributed by atoms with E-state index < -0.39 is 0 Å². The Labute approximate surface area is 104 Å². The molecule has 2 aromatic heterocycles. The van der Waals surface area contributed by atoms with Gasteiger partial charge in [-0.2, -0.15) is 0 Å². The van der Waals surface area contributed by atoms with Crippen molar-refractivity contribution in [2.24, 2.45) is 0 Å². The third-order valence-corrected chi connectivity index (χ3v) is 3.84. The SMILES string of the molecule is [Ga][n]1c(-c2ccccn2)cc2ccccc21. The molecule has 74 valence electrons. The van der Waals surface area contributed by atoms with Crippen molar-refractivity contribution in [2.75, 3.05) is 0 Å². The molecular formula is C13H9GaN2. The second kappa shape index (κ2) is 3.85. The van der Waals surface area contributed by atoms with Crippen LogP contribution in [0, 0.1) is 0 Å². The number of hydrogen-bond acceptors (Lipinski definition) is 1. The second-order valence-electron chi connectivity index (χ2n) is 3.67. The summed E-state index contributed by atoms with van der Waals surface area (Å²) in [6.07, 6.45) is 1.83. The van der Waals surface area contributed by atoms with Crippen molar-refractivity contribution in [2.45, 2.75) is 0 Å². The molecular weight excluding hydrogens is 254 g/mol. The van der Waals surface area contributed by atoms with Crippen LogP contribution in [0.3, 0.4) is 0 Å². The Bertz CT molecular complexity index is 629. The molecule has 3 heteroatoms. The zero-order chi connectivity index (χ0) is 11.0. The van der Waals surface area contributed by atoms with Crippen molar-refractivity contribution >= 4 is 29.7 Å². The summed E-state index contributed by atoms with van der Waals surface area (Å²) in [6.45, 7) is 0. The molecule has 2 heterocycles. The Morgan fingerprint density at radius 1 is 1.00 bits per heavy atom. The molecule has 0 spiro atoms. The van der Waals surface area contributed by atoms with E-state index in [4.69, 9.17) is 0 Å². The zero-order valence-electron chi connectivity index (χ0n) is 8.67. The molecule has 0 unspecified atom stereocenters. The van der Waals surface area contributed by atoms with Gasteiger partial charge >= 0.3 is 104 Å². The van der Waals surface area contributed by atoms with Gasteiger partial charge in [-0.05, 0) is 0 Å². The van der Waals surface area contributed by atoms with E-state index >= 15 is 0 Å². The standard InChI is InChI=1S/C13H9N2.Ga/c1-2-6-11-10(5-1)9-13(15-11)12-7-3-4-8-14-12;/h1-9H;/q-1;+1. The van der Waals surface area contributed by atoms with Crippen molar-refractivity contribution in [3.8, 4) is 11.4 Å². The Morgan fingerprint density at radius 3 is 2.56 bits per heavy atom. The van der Waals surface area contributed by atoms with E-state index in [2.05, 4.69) is 38.6 Å². The minimum absolute atomic E-state index is 1.03. The van der Waals surface area contributed by atoms with Gasteiger partial charge in [-0.3, -0.25) is 0 Å². The van der Waals surface area contributed by atoms with Gasteiger partial charge in [0.05, 0.1) is 0 Å². The summed E-state index contributed by atoms with van der Waals surface area (Å²) in [6, 6.07) is 16.6. The van der Waals surface area contributed by atoms with Crippen LogP contribution in [-0.4, -0.2) is 27.1 Å². The first-order valence-corrected chi connectivity index (χ1v) is 6.21. The summed E-state index contributed by atoms with van der Waals surface area (Å²) in [5, 5.41) is 1.27. The van der Waals surface area contributed by atoms with Gasteiger partial charge in [-0.1, -0.05) is 0 Å². The predicted octanol–water partition coefficient (Wildman–Crippen LogP) is 2.63. The fourth-order valence-electron chi connectivity index (χ4n) is 1.89. The van der Waals surface area contributed by atoms with Crippen molar-refractivity contribution < 1.29 is 0 Å². The number of fused-ring (bicyclic) bond motifs is 1. The number of benzene rings is 1. The average molecular weight is 263 g/mol. The van der Waals surface area contributed by atoms with Gasteiger partial charge in [-0.25, -0.2) is 0 Å². The van der Waals surface area contributed by atoms with E-state index in [0.29, 0.717) is 0 Å². The Morgan fingerprint density at radius 2 is 1.81 bits per heavy atom. The third-order valence-electron chi connectivity index (χ3n) is 2.68. The van der Waals surface area contributed by atoms with Crippen LogP contribution in [0.2, 0.25) is 0 Å². The molecule has 16 heavy (non-hydrogen) atoms. The van der Waals surface area contributed by atoms with Crippen LogP contribution in [0.15, 0.2) is 54.7 Å². The van der Waals surface area contributed by atoms with Gasteiger partial charge in [0, 0.05) is 0 Å². The van der Waals surface area contributed by atoms with Crippen LogP contribution < -0.4 is 0 Å². The first kappa shape index (κ1) is 9.75.